The molecule has 0 aliphatic heterocycles. The van der Waals surface area contributed by atoms with Crippen molar-refractivity contribution in [1.29, 1.82) is 0 Å². The Kier molecular flexibility index (Phi) is 4.65. The number of rotatable bonds is 6. The molecule has 0 N–H and O–H groups in total. The van der Waals surface area contributed by atoms with Gasteiger partial charge in [-0.3, -0.25) is 0 Å². The number of nitrogens with zero attached hydrogens (tertiary/aromatic N) is 2. The summed E-state index contributed by atoms with van der Waals surface area (Å²) in [5, 5.41) is 0. The summed E-state index contributed by atoms with van der Waals surface area (Å²) in [5.74, 6) is 1.89. The largest absolute Gasteiger partial charge is 0.493 e. The third-order valence-corrected chi connectivity index (χ3v) is 2.87. The highest BCUT2D eigenvalue weighted by molar-refractivity contribution is 5.62. The van der Waals surface area contributed by atoms with Crippen molar-refractivity contribution in [3.8, 4) is 17.2 Å². The summed E-state index contributed by atoms with van der Waals surface area (Å²) >= 11 is 0. The first-order valence-electron chi connectivity index (χ1n) is 6.20. The summed E-state index contributed by atoms with van der Waals surface area (Å²) in [7, 11) is 4.81. The van der Waals surface area contributed by atoms with Gasteiger partial charge in [0.2, 0.25) is 5.75 Å². The van der Waals surface area contributed by atoms with E-state index in [4.69, 9.17) is 14.2 Å². The second-order valence-corrected chi connectivity index (χ2v) is 4.12. The van der Waals surface area contributed by atoms with Crippen LogP contribution in [-0.4, -0.2) is 30.9 Å². The van der Waals surface area contributed by atoms with Gasteiger partial charge in [0.25, 0.3) is 0 Å². The number of benzene rings is 1. The number of ether oxygens (including phenoxy) is 3. The Labute approximate surface area is 118 Å². The van der Waals surface area contributed by atoms with Gasteiger partial charge in [0.1, 0.15) is 0 Å². The van der Waals surface area contributed by atoms with Crippen LogP contribution < -0.4 is 14.2 Å². The molecule has 1 aromatic carbocycles. The molecule has 1 heterocycles. The number of hydrogen-bond donors (Lipinski definition) is 0. The van der Waals surface area contributed by atoms with Gasteiger partial charge in [-0.25, -0.2) is 4.98 Å². The predicted molar refractivity (Wildman–Crippen MR) is 77.4 cm³/mol. The highest BCUT2D eigenvalue weighted by Crippen LogP contribution is 2.38. The molecule has 5 nitrogen and oxygen atoms in total. The molecule has 0 spiro atoms. The van der Waals surface area contributed by atoms with Crippen molar-refractivity contribution in [2.45, 2.75) is 6.54 Å². The minimum absolute atomic E-state index is 0.599. The molecule has 106 valence electrons. The monoisotopic (exact) mass is 274 g/mol. The fourth-order valence-corrected chi connectivity index (χ4v) is 1.90. The normalized spacial score (nSPS) is 10.8. The van der Waals surface area contributed by atoms with Gasteiger partial charge < -0.3 is 18.8 Å². The van der Waals surface area contributed by atoms with Gasteiger partial charge in [-0.05, 0) is 17.7 Å². The molecule has 0 aliphatic carbocycles. The van der Waals surface area contributed by atoms with E-state index >= 15 is 0 Å². The van der Waals surface area contributed by atoms with E-state index in [9.17, 15) is 0 Å². The minimum Gasteiger partial charge on any atom is -0.493 e. The van der Waals surface area contributed by atoms with Crippen molar-refractivity contribution in [3.63, 3.8) is 0 Å². The third kappa shape index (κ3) is 3.12. The van der Waals surface area contributed by atoms with E-state index in [1.165, 1.54) is 0 Å². The highest BCUT2D eigenvalue weighted by Gasteiger charge is 2.11. The summed E-state index contributed by atoms with van der Waals surface area (Å²) in [4.78, 5) is 4.00. The maximum atomic E-state index is 5.32. The van der Waals surface area contributed by atoms with Crippen LogP contribution in [0.4, 0.5) is 0 Å². The van der Waals surface area contributed by atoms with Crippen molar-refractivity contribution in [3.05, 3.63) is 42.5 Å². The van der Waals surface area contributed by atoms with E-state index in [0.717, 1.165) is 12.1 Å². The smallest absolute Gasteiger partial charge is 0.203 e. The first-order chi connectivity index (χ1) is 9.78. The zero-order valence-corrected chi connectivity index (χ0v) is 11.9. The van der Waals surface area contributed by atoms with Gasteiger partial charge in [-0.2, -0.15) is 0 Å². The lowest BCUT2D eigenvalue weighted by molar-refractivity contribution is 0.324. The van der Waals surface area contributed by atoms with Crippen LogP contribution >= 0.6 is 0 Å². The van der Waals surface area contributed by atoms with Crippen LogP contribution in [0.15, 0.2) is 36.9 Å². The van der Waals surface area contributed by atoms with Crippen molar-refractivity contribution in [1.82, 2.24) is 9.55 Å². The topological polar surface area (TPSA) is 45.5 Å². The molecule has 2 rings (SSSR count). The van der Waals surface area contributed by atoms with Crippen LogP contribution in [0.1, 0.15) is 5.56 Å². The minimum atomic E-state index is 0.599. The molecule has 0 saturated carbocycles. The Morgan fingerprint density at radius 1 is 1.10 bits per heavy atom. The molecule has 5 heteroatoms. The van der Waals surface area contributed by atoms with E-state index in [2.05, 4.69) is 4.98 Å². The van der Waals surface area contributed by atoms with E-state index in [0.29, 0.717) is 17.2 Å². The van der Waals surface area contributed by atoms with Crippen LogP contribution in [0.3, 0.4) is 0 Å². The molecule has 0 radical (unpaired) electrons. The van der Waals surface area contributed by atoms with Crippen LogP contribution in [0.2, 0.25) is 0 Å². The Hall–Kier alpha value is -2.43. The second kappa shape index (κ2) is 6.65. The van der Waals surface area contributed by atoms with Crippen molar-refractivity contribution < 1.29 is 14.2 Å². The molecule has 2 aromatic rings. The standard InChI is InChI=1S/C15H18N2O3/c1-18-13-9-12(10-14(19-2)15(13)20-3)5-4-7-17-8-6-16-11-17/h4-6,8-11H,7H2,1-3H3. The Bertz CT molecular complexity index is 552. The van der Waals surface area contributed by atoms with E-state index in [1.54, 1.807) is 33.9 Å². The quantitative estimate of drug-likeness (QED) is 0.812. The number of methoxy groups -OCH3 is 3. The summed E-state index contributed by atoms with van der Waals surface area (Å²) in [6, 6.07) is 3.82. The molecule has 0 unspecified atom stereocenters. The molecule has 0 aliphatic rings. The Morgan fingerprint density at radius 3 is 2.30 bits per heavy atom. The Balaban J connectivity index is 2.21. The lowest BCUT2D eigenvalue weighted by Gasteiger charge is -2.12. The van der Waals surface area contributed by atoms with Gasteiger partial charge in [0.15, 0.2) is 11.5 Å². The lowest BCUT2D eigenvalue weighted by atomic mass is 10.1. The lowest BCUT2D eigenvalue weighted by Crippen LogP contribution is -1.95. The molecular formula is C15H18N2O3. The highest BCUT2D eigenvalue weighted by atomic mass is 16.5. The second-order valence-electron chi connectivity index (χ2n) is 4.12. The Morgan fingerprint density at radius 2 is 1.80 bits per heavy atom. The number of aromatic nitrogens is 2. The zero-order chi connectivity index (χ0) is 14.4. The predicted octanol–water partition coefficient (Wildman–Crippen LogP) is 2.62. The number of imidazole rings is 1. The zero-order valence-electron chi connectivity index (χ0n) is 11.9. The number of hydrogen-bond acceptors (Lipinski definition) is 4. The first kappa shape index (κ1) is 14.0. The van der Waals surface area contributed by atoms with Gasteiger partial charge in [-0.1, -0.05) is 12.2 Å². The van der Waals surface area contributed by atoms with Crippen LogP contribution in [0, 0.1) is 0 Å². The van der Waals surface area contributed by atoms with E-state index < -0.39 is 0 Å². The van der Waals surface area contributed by atoms with Crippen LogP contribution in [0.5, 0.6) is 17.2 Å². The van der Waals surface area contributed by atoms with Gasteiger partial charge in [-0.15, -0.1) is 0 Å². The molecular weight excluding hydrogens is 256 g/mol. The van der Waals surface area contributed by atoms with Gasteiger partial charge in [0, 0.05) is 18.9 Å². The molecule has 0 amide bonds. The summed E-state index contributed by atoms with van der Waals surface area (Å²) in [6.45, 7) is 0.761. The summed E-state index contributed by atoms with van der Waals surface area (Å²) in [6.07, 6.45) is 9.50. The average Bonchev–Trinajstić information content (AvgIpc) is 2.99. The maximum Gasteiger partial charge on any atom is 0.203 e. The fourth-order valence-electron chi connectivity index (χ4n) is 1.90. The van der Waals surface area contributed by atoms with Gasteiger partial charge >= 0.3 is 0 Å². The average molecular weight is 274 g/mol. The SMILES string of the molecule is COc1cc(C=CCn2ccnc2)cc(OC)c1OC. The molecule has 0 bridgehead atoms. The van der Waals surface area contributed by atoms with E-state index in [1.807, 2.05) is 35.0 Å². The summed E-state index contributed by atoms with van der Waals surface area (Å²) in [5.41, 5.74) is 0.986. The van der Waals surface area contributed by atoms with Crippen molar-refractivity contribution in [2.75, 3.05) is 21.3 Å². The molecule has 0 saturated heterocycles. The van der Waals surface area contributed by atoms with Gasteiger partial charge in [0.05, 0.1) is 27.7 Å². The van der Waals surface area contributed by atoms with Crippen LogP contribution in [-0.2, 0) is 6.54 Å². The maximum absolute atomic E-state index is 5.32. The third-order valence-electron chi connectivity index (χ3n) is 2.87. The van der Waals surface area contributed by atoms with Crippen molar-refractivity contribution in [2.24, 2.45) is 0 Å². The van der Waals surface area contributed by atoms with Crippen molar-refractivity contribution >= 4 is 6.08 Å². The first-order valence-corrected chi connectivity index (χ1v) is 6.20. The number of allylic oxidation sites excluding steroid dienone is 1. The van der Waals surface area contributed by atoms with Crippen LogP contribution in [0.25, 0.3) is 6.08 Å². The molecule has 20 heavy (non-hydrogen) atoms. The molecule has 0 fully saturated rings. The molecule has 1 aromatic heterocycles. The fraction of sp³-hybridized carbons (Fsp3) is 0.267. The molecule has 0 atom stereocenters. The van der Waals surface area contributed by atoms with E-state index in [-0.39, 0.29) is 0 Å². The summed E-state index contributed by atoms with van der Waals surface area (Å²) < 4.78 is 17.9.